The first-order valence-corrected chi connectivity index (χ1v) is 12.1. The zero-order valence-electron chi connectivity index (χ0n) is 17.8. The molecule has 0 saturated heterocycles. The van der Waals surface area contributed by atoms with Crippen LogP contribution in [-0.4, -0.2) is 39.0 Å². The van der Waals surface area contributed by atoms with E-state index in [1.54, 1.807) is 0 Å². The van der Waals surface area contributed by atoms with Crippen LogP contribution in [-0.2, 0) is 13.6 Å². The highest BCUT2D eigenvalue weighted by atomic mass is 31.2. The fourth-order valence-electron chi connectivity index (χ4n) is 2.75. The standard InChI is InChI=1S/C20H44NO4P/c1-5-6-7-8-9-10-11-12-13-14-15-16-17-18-19-24-26(22,23)25-20-21(2,3)4/h5-20H2,1-4H3. The summed E-state index contributed by atoms with van der Waals surface area (Å²) in [6.07, 6.45) is 17.9. The molecule has 0 aromatic rings. The molecule has 0 rings (SSSR count). The summed E-state index contributed by atoms with van der Waals surface area (Å²) in [5, 5.41) is 0. The van der Waals surface area contributed by atoms with E-state index in [0.29, 0.717) is 4.48 Å². The summed E-state index contributed by atoms with van der Waals surface area (Å²) in [6, 6.07) is 0. The molecule has 0 N–H and O–H groups in total. The van der Waals surface area contributed by atoms with Crippen LogP contribution >= 0.6 is 7.82 Å². The van der Waals surface area contributed by atoms with Gasteiger partial charge in [-0.05, 0) is 6.42 Å². The highest BCUT2D eigenvalue weighted by molar-refractivity contribution is 7.45. The lowest BCUT2D eigenvalue weighted by Gasteiger charge is -2.28. The van der Waals surface area contributed by atoms with Crippen LogP contribution in [0.2, 0.25) is 0 Å². The first-order valence-electron chi connectivity index (χ1n) is 10.7. The first kappa shape index (κ1) is 26.1. The molecule has 0 aromatic heterocycles. The van der Waals surface area contributed by atoms with Gasteiger partial charge in [0.2, 0.25) is 0 Å². The maximum atomic E-state index is 11.6. The minimum atomic E-state index is -4.14. The lowest BCUT2D eigenvalue weighted by molar-refractivity contribution is -0.887. The Labute approximate surface area is 162 Å². The van der Waals surface area contributed by atoms with Gasteiger partial charge in [0.15, 0.2) is 6.73 Å². The molecule has 6 heteroatoms. The maximum Gasteiger partial charge on any atom is 0.272 e. The molecule has 0 aliphatic heterocycles. The normalized spacial score (nSPS) is 14.5. The topological polar surface area (TPSA) is 58.6 Å². The van der Waals surface area contributed by atoms with Gasteiger partial charge in [0.25, 0.3) is 7.82 Å². The van der Waals surface area contributed by atoms with Crippen molar-refractivity contribution in [3.63, 3.8) is 0 Å². The summed E-state index contributed by atoms with van der Waals surface area (Å²) < 4.78 is 21.8. The predicted octanol–water partition coefficient (Wildman–Crippen LogP) is 5.63. The summed E-state index contributed by atoms with van der Waals surface area (Å²) in [7, 11) is 1.46. The van der Waals surface area contributed by atoms with Crippen molar-refractivity contribution < 1.29 is 23.0 Å². The van der Waals surface area contributed by atoms with Gasteiger partial charge in [-0.25, -0.2) is 0 Å². The lowest BCUT2D eigenvalue weighted by atomic mass is 10.0. The third-order valence-corrected chi connectivity index (χ3v) is 5.28. The third-order valence-electron chi connectivity index (χ3n) is 4.35. The van der Waals surface area contributed by atoms with E-state index in [-0.39, 0.29) is 13.3 Å². The molecule has 0 saturated carbocycles. The van der Waals surface area contributed by atoms with Crippen LogP contribution in [0.15, 0.2) is 0 Å². The van der Waals surface area contributed by atoms with E-state index in [1.807, 2.05) is 21.1 Å². The fraction of sp³-hybridized carbons (Fsp3) is 1.00. The van der Waals surface area contributed by atoms with E-state index in [4.69, 9.17) is 9.05 Å². The van der Waals surface area contributed by atoms with E-state index in [0.717, 1.165) is 19.3 Å². The average molecular weight is 394 g/mol. The Hall–Kier alpha value is 0.0700. The molecule has 0 radical (unpaired) electrons. The van der Waals surface area contributed by atoms with Crippen molar-refractivity contribution in [1.82, 2.24) is 0 Å². The molecule has 0 bridgehead atoms. The molecule has 0 aliphatic rings. The zero-order valence-corrected chi connectivity index (χ0v) is 18.7. The number of phosphoric acid groups is 1. The van der Waals surface area contributed by atoms with Crippen molar-refractivity contribution in [3.8, 4) is 0 Å². The molecule has 26 heavy (non-hydrogen) atoms. The Balaban J connectivity index is 3.30. The number of hydrogen-bond donors (Lipinski definition) is 0. The molecule has 0 heterocycles. The number of nitrogens with zero attached hydrogens (tertiary/aromatic N) is 1. The van der Waals surface area contributed by atoms with Crippen LogP contribution in [0.25, 0.3) is 0 Å². The second-order valence-electron chi connectivity index (χ2n) is 8.43. The second kappa shape index (κ2) is 16.1. The Kier molecular flexibility index (Phi) is 16.1. The van der Waals surface area contributed by atoms with Gasteiger partial charge in [-0.2, -0.15) is 0 Å². The number of quaternary nitrogens is 1. The van der Waals surface area contributed by atoms with Crippen molar-refractivity contribution >= 4 is 7.82 Å². The summed E-state index contributed by atoms with van der Waals surface area (Å²) in [6.45, 7) is 2.59. The highest BCUT2D eigenvalue weighted by Crippen LogP contribution is 2.38. The van der Waals surface area contributed by atoms with E-state index in [1.165, 1.54) is 70.6 Å². The number of rotatable bonds is 19. The smallest absolute Gasteiger partial charge is 0.272 e. The Morgan fingerprint density at radius 1 is 0.692 bits per heavy atom. The predicted molar refractivity (Wildman–Crippen MR) is 108 cm³/mol. The van der Waals surface area contributed by atoms with Crippen molar-refractivity contribution in [3.05, 3.63) is 0 Å². The molecule has 5 nitrogen and oxygen atoms in total. The molecular weight excluding hydrogens is 349 g/mol. The maximum absolute atomic E-state index is 11.6. The number of unbranched alkanes of at least 4 members (excludes halogenated alkanes) is 13. The molecule has 0 spiro atoms. The monoisotopic (exact) mass is 393 g/mol. The Bertz CT molecular complexity index is 358. The Morgan fingerprint density at radius 2 is 1.08 bits per heavy atom. The summed E-state index contributed by atoms with van der Waals surface area (Å²) in [5.74, 6) is 0. The minimum absolute atomic E-state index is 0.0967. The molecular formula is C20H44NO4P. The van der Waals surface area contributed by atoms with Crippen LogP contribution in [0.4, 0.5) is 0 Å². The van der Waals surface area contributed by atoms with Gasteiger partial charge in [-0.1, -0.05) is 90.4 Å². The van der Waals surface area contributed by atoms with Gasteiger partial charge >= 0.3 is 0 Å². The van der Waals surface area contributed by atoms with Gasteiger partial charge in [-0.3, -0.25) is 9.09 Å². The lowest BCUT2D eigenvalue weighted by Crippen LogP contribution is -2.37. The molecule has 1 atom stereocenters. The van der Waals surface area contributed by atoms with Gasteiger partial charge in [0.1, 0.15) is 0 Å². The van der Waals surface area contributed by atoms with Crippen molar-refractivity contribution in [2.45, 2.75) is 96.8 Å². The van der Waals surface area contributed by atoms with Crippen LogP contribution in [0.3, 0.4) is 0 Å². The molecule has 0 amide bonds. The van der Waals surface area contributed by atoms with E-state index in [9.17, 15) is 9.46 Å². The van der Waals surface area contributed by atoms with Crippen LogP contribution in [0.5, 0.6) is 0 Å². The number of hydrogen-bond acceptors (Lipinski definition) is 4. The van der Waals surface area contributed by atoms with Gasteiger partial charge in [0.05, 0.1) is 27.7 Å². The van der Waals surface area contributed by atoms with Crippen molar-refractivity contribution in [2.24, 2.45) is 0 Å². The second-order valence-corrected chi connectivity index (χ2v) is 9.84. The Morgan fingerprint density at radius 3 is 1.46 bits per heavy atom. The molecule has 0 aliphatic carbocycles. The van der Waals surface area contributed by atoms with Crippen molar-refractivity contribution in [2.75, 3.05) is 34.5 Å². The van der Waals surface area contributed by atoms with Gasteiger partial charge in [-0.15, -0.1) is 0 Å². The van der Waals surface area contributed by atoms with Crippen molar-refractivity contribution in [1.29, 1.82) is 0 Å². The first-order chi connectivity index (χ1) is 12.3. The average Bonchev–Trinajstić information content (AvgIpc) is 2.56. The largest absolute Gasteiger partial charge is 0.756 e. The summed E-state index contributed by atoms with van der Waals surface area (Å²) in [5.41, 5.74) is 0. The van der Waals surface area contributed by atoms with Crippen LogP contribution < -0.4 is 4.89 Å². The zero-order chi connectivity index (χ0) is 19.7. The molecule has 158 valence electrons. The fourth-order valence-corrected chi connectivity index (χ4v) is 3.67. The summed E-state index contributed by atoms with van der Waals surface area (Å²) >= 11 is 0. The van der Waals surface area contributed by atoms with Crippen LogP contribution in [0, 0.1) is 0 Å². The third kappa shape index (κ3) is 20.4. The SMILES string of the molecule is CCCCCCCCCCCCCCCCOP(=O)([O-])OC[N+](C)(C)C. The van der Waals surface area contributed by atoms with E-state index < -0.39 is 7.82 Å². The van der Waals surface area contributed by atoms with Gasteiger partial charge < -0.3 is 13.9 Å². The number of phosphoric ester groups is 1. The van der Waals surface area contributed by atoms with E-state index in [2.05, 4.69) is 6.92 Å². The highest BCUT2D eigenvalue weighted by Gasteiger charge is 2.15. The quantitative estimate of drug-likeness (QED) is 0.123. The molecule has 1 unspecified atom stereocenters. The molecule has 0 aromatic carbocycles. The van der Waals surface area contributed by atoms with E-state index >= 15 is 0 Å². The van der Waals surface area contributed by atoms with Crippen LogP contribution in [0.1, 0.15) is 96.8 Å². The van der Waals surface area contributed by atoms with Gasteiger partial charge in [0, 0.05) is 0 Å². The summed E-state index contributed by atoms with van der Waals surface area (Å²) in [4.78, 5) is 11.6. The molecule has 0 fully saturated rings. The minimum Gasteiger partial charge on any atom is -0.756 e.